The molecule has 196 valence electrons. The molecule has 2 aromatic heterocycles. The zero-order valence-electron chi connectivity index (χ0n) is 21.0. The van der Waals surface area contributed by atoms with Crippen LogP contribution in [0.15, 0.2) is 54.9 Å². The number of aliphatic hydroxyl groups is 1. The Morgan fingerprint density at radius 2 is 1.92 bits per heavy atom. The second-order valence-electron chi connectivity index (χ2n) is 8.88. The van der Waals surface area contributed by atoms with E-state index in [0.717, 1.165) is 23.0 Å². The average Bonchev–Trinajstić information content (AvgIpc) is 3.23. The van der Waals surface area contributed by atoms with E-state index in [-0.39, 0.29) is 24.0 Å². The van der Waals surface area contributed by atoms with E-state index < -0.39 is 6.61 Å². The minimum Gasteiger partial charge on any atom is -0.433 e. The van der Waals surface area contributed by atoms with Gasteiger partial charge in [0.1, 0.15) is 0 Å². The van der Waals surface area contributed by atoms with Crippen LogP contribution in [0, 0.1) is 0 Å². The summed E-state index contributed by atoms with van der Waals surface area (Å²) >= 11 is 0. The van der Waals surface area contributed by atoms with Crippen LogP contribution in [0.1, 0.15) is 0 Å². The van der Waals surface area contributed by atoms with Crippen molar-refractivity contribution in [2.24, 2.45) is 0 Å². The zero-order valence-corrected chi connectivity index (χ0v) is 21.0. The topological polar surface area (TPSA) is 105 Å². The van der Waals surface area contributed by atoms with Crippen LogP contribution >= 0.6 is 0 Å². The van der Waals surface area contributed by atoms with Crippen molar-refractivity contribution < 1.29 is 18.6 Å². The molecule has 2 aromatic carbocycles. The third-order valence-electron chi connectivity index (χ3n) is 5.95. The number of fused-ring (bicyclic) bond motifs is 1. The third-order valence-corrected chi connectivity index (χ3v) is 5.95. The quantitative estimate of drug-likeness (QED) is 0.260. The number of benzene rings is 2. The molecule has 0 unspecified atom stereocenters. The first-order chi connectivity index (χ1) is 17.8. The summed E-state index contributed by atoms with van der Waals surface area (Å²) in [6, 6.07) is 12.6. The highest BCUT2D eigenvalue weighted by molar-refractivity contribution is 5.95. The fourth-order valence-corrected chi connectivity index (χ4v) is 4.11. The first-order valence-corrected chi connectivity index (χ1v) is 11.8. The van der Waals surface area contributed by atoms with Gasteiger partial charge in [0, 0.05) is 61.6 Å². The van der Waals surface area contributed by atoms with Crippen LogP contribution in [0.4, 0.5) is 31.8 Å². The van der Waals surface area contributed by atoms with E-state index in [1.165, 1.54) is 6.07 Å². The van der Waals surface area contributed by atoms with Gasteiger partial charge in [0.15, 0.2) is 5.75 Å². The summed E-state index contributed by atoms with van der Waals surface area (Å²) in [5.74, 6) is 0.133. The normalized spacial score (nSPS) is 11.5. The SMILES string of the molecule is CN(C)CCN(C)c1cc(OC(F)F)c(Nc2nccc(-c3cn(CCO)c4ccccc34)n2)cc1N. The lowest BCUT2D eigenvalue weighted by atomic mass is 10.1. The molecule has 4 aromatic rings. The molecular formula is C26H31F2N7O2. The van der Waals surface area contributed by atoms with E-state index in [1.54, 1.807) is 18.3 Å². The number of ether oxygens (including phenoxy) is 1. The van der Waals surface area contributed by atoms with Crippen molar-refractivity contribution in [1.82, 2.24) is 19.4 Å². The van der Waals surface area contributed by atoms with E-state index in [1.807, 2.05) is 66.0 Å². The standard InChI is InChI=1S/C26H31F2N7O2/c1-33(2)10-11-34(3)23-15-24(37-25(27)28)21(14-19(23)29)32-26-30-9-8-20(31-26)18-16-35(12-13-36)22-7-5-4-6-17(18)22/h4-9,14-16,25,36H,10-13,29H2,1-3H3,(H,30,31,32). The minimum absolute atomic E-state index is 0.00333. The lowest BCUT2D eigenvalue weighted by Crippen LogP contribution is -2.29. The fourth-order valence-electron chi connectivity index (χ4n) is 4.11. The number of nitrogen functional groups attached to an aromatic ring is 1. The van der Waals surface area contributed by atoms with Crippen LogP contribution in [0.25, 0.3) is 22.2 Å². The summed E-state index contributed by atoms with van der Waals surface area (Å²) in [5, 5.41) is 13.4. The van der Waals surface area contributed by atoms with E-state index >= 15 is 0 Å². The number of halogens is 2. The van der Waals surface area contributed by atoms with Gasteiger partial charge in [-0.15, -0.1) is 0 Å². The van der Waals surface area contributed by atoms with Crippen LogP contribution in [0.2, 0.25) is 0 Å². The second-order valence-corrected chi connectivity index (χ2v) is 8.88. The molecule has 0 spiro atoms. The second kappa shape index (κ2) is 11.4. The molecule has 0 aliphatic rings. The Balaban J connectivity index is 1.68. The number of rotatable bonds is 11. The van der Waals surface area contributed by atoms with Crippen molar-refractivity contribution in [2.45, 2.75) is 13.2 Å². The van der Waals surface area contributed by atoms with E-state index in [0.29, 0.717) is 30.2 Å². The van der Waals surface area contributed by atoms with Crippen LogP contribution in [-0.4, -0.2) is 72.0 Å². The summed E-state index contributed by atoms with van der Waals surface area (Å²) in [4.78, 5) is 12.8. The van der Waals surface area contributed by atoms with Gasteiger partial charge in [-0.3, -0.25) is 0 Å². The Bertz CT molecular complexity index is 1360. The van der Waals surface area contributed by atoms with Gasteiger partial charge in [-0.2, -0.15) is 8.78 Å². The molecule has 0 amide bonds. The van der Waals surface area contributed by atoms with Gasteiger partial charge in [-0.25, -0.2) is 9.97 Å². The molecule has 9 nitrogen and oxygen atoms in total. The molecule has 0 aliphatic heterocycles. The van der Waals surface area contributed by atoms with Gasteiger partial charge >= 0.3 is 6.61 Å². The number of aromatic nitrogens is 3. The number of para-hydroxylation sites is 1. The number of nitrogens with one attached hydrogen (secondary N) is 1. The maximum Gasteiger partial charge on any atom is 0.387 e. The van der Waals surface area contributed by atoms with Crippen molar-refractivity contribution in [3.63, 3.8) is 0 Å². The monoisotopic (exact) mass is 511 g/mol. The largest absolute Gasteiger partial charge is 0.433 e. The smallest absolute Gasteiger partial charge is 0.387 e. The average molecular weight is 512 g/mol. The Morgan fingerprint density at radius 1 is 1.14 bits per heavy atom. The molecule has 4 rings (SSSR count). The van der Waals surface area contributed by atoms with Crippen molar-refractivity contribution in [3.8, 4) is 17.0 Å². The number of nitrogens with zero attached hydrogens (tertiary/aromatic N) is 5. The summed E-state index contributed by atoms with van der Waals surface area (Å²) in [6.07, 6.45) is 3.51. The highest BCUT2D eigenvalue weighted by atomic mass is 19.3. The van der Waals surface area contributed by atoms with Crippen molar-refractivity contribution in [1.29, 1.82) is 0 Å². The molecule has 0 radical (unpaired) electrons. The maximum absolute atomic E-state index is 13.3. The Hall–Kier alpha value is -3.96. The van der Waals surface area contributed by atoms with E-state index in [2.05, 4.69) is 15.3 Å². The number of likely N-dealkylation sites (N-methyl/N-ethyl adjacent to an activating group) is 2. The predicted octanol–water partition coefficient (Wildman–Crippen LogP) is 4.02. The predicted molar refractivity (Wildman–Crippen MR) is 143 cm³/mol. The van der Waals surface area contributed by atoms with E-state index in [9.17, 15) is 13.9 Å². The number of hydrogen-bond donors (Lipinski definition) is 3. The molecule has 4 N–H and O–H groups in total. The lowest BCUT2D eigenvalue weighted by molar-refractivity contribution is -0.0493. The van der Waals surface area contributed by atoms with Gasteiger partial charge in [0.2, 0.25) is 5.95 Å². The molecule has 0 fully saturated rings. The van der Waals surface area contributed by atoms with Gasteiger partial charge in [-0.1, -0.05) is 18.2 Å². The van der Waals surface area contributed by atoms with Crippen LogP contribution in [0.3, 0.4) is 0 Å². The Labute approximate surface area is 214 Å². The van der Waals surface area contributed by atoms with Crippen molar-refractivity contribution >= 4 is 33.9 Å². The molecule has 37 heavy (non-hydrogen) atoms. The van der Waals surface area contributed by atoms with Crippen LogP contribution < -0.4 is 20.7 Å². The minimum atomic E-state index is -3.02. The van der Waals surface area contributed by atoms with Gasteiger partial charge in [-0.05, 0) is 32.3 Å². The van der Waals surface area contributed by atoms with Gasteiger partial charge in [0.25, 0.3) is 0 Å². The maximum atomic E-state index is 13.3. The van der Waals surface area contributed by atoms with Crippen LogP contribution in [0.5, 0.6) is 5.75 Å². The molecule has 0 saturated heterocycles. The Morgan fingerprint density at radius 3 is 2.65 bits per heavy atom. The zero-order chi connectivity index (χ0) is 26.5. The highest BCUT2D eigenvalue weighted by Gasteiger charge is 2.18. The van der Waals surface area contributed by atoms with Gasteiger partial charge < -0.3 is 35.3 Å². The molecule has 0 aliphatic carbocycles. The van der Waals surface area contributed by atoms with Crippen molar-refractivity contribution in [2.75, 3.05) is 56.8 Å². The summed E-state index contributed by atoms with van der Waals surface area (Å²) in [7, 11) is 5.75. The number of hydrogen-bond acceptors (Lipinski definition) is 8. The first kappa shape index (κ1) is 26.1. The summed E-state index contributed by atoms with van der Waals surface area (Å²) in [5.41, 5.74) is 9.95. The number of alkyl halides is 2. The highest BCUT2D eigenvalue weighted by Crippen LogP contribution is 2.37. The van der Waals surface area contributed by atoms with Crippen molar-refractivity contribution in [3.05, 3.63) is 54.9 Å². The molecule has 0 atom stereocenters. The molecule has 2 heterocycles. The summed E-state index contributed by atoms with van der Waals surface area (Å²) < 4.78 is 33.3. The molecule has 11 heteroatoms. The third kappa shape index (κ3) is 6.07. The molecular weight excluding hydrogens is 480 g/mol. The fraction of sp³-hybridized carbons (Fsp3) is 0.308. The van der Waals surface area contributed by atoms with E-state index in [4.69, 9.17) is 10.5 Å². The Kier molecular flexibility index (Phi) is 8.04. The van der Waals surface area contributed by atoms with Gasteiger partial charge in [0.05, 0.1) is 29.4 Å². The molecule has 0 saturated carbocycles. The first-order valence-electron chi connectivity index (χ1n) is 11.8. The lowest BCUT2D eigenvalue weighted by Gasteiger charge is -2.24. The number of nitrogens with two attached hydrogens (primary N) is 1. The number of anilines is 4. The van der Waals surface area contributed by atoms with Crippen LogP contribution in [-0.2, 0) is 6.54 Å². The molecule has 0 bridgehead atoms. The number of aliphatic hydroxyl groups excluding tert-OH is 1. The summed E-state index contributed by atoms with van der Waals surface area (Å²) in [6.45, 7) is -1.17.